The van der Waals surface area contributed by atoms with Crippen LogP contribution >= 0.6 is 15.9 Å². The van der Waals surface area contributed by atoms with Gasteiger partial charge < -0.3 is 11.1 Å². The van der Waals surface area contributed by atoms with E-state index in [0.29, 0.717) is 5.57 Å². The van der Waals surface area contributed by atoms with Gasteiger partial charge in [-0.3, -0.25) is 4.79 Å². The molecular formula is C11H13BrN2O. The van der Waals surface area contributed by atoms with Crippen molar-refractivity contribution in [2.45, 2.75) is 13.0 Å². The molecule has 0 spiro atoms. The molecule has 3 N–H and O–H groups in total. The number of anilines is 1. The van der Waals surface area contributed by atoms with Crippen molar-refractivity contribution >= 4 is 27.5 Å². The standard InChI is InChI=1S/C11H13BrN2O/c1-7(2)10(11(13)15)14-9-6-4-3-5-8(9)12/h3-6,10,14H,1H2,2H3,(H2,13,15). The van der Waals surface area contributed by atoms with Gasteiger partial charge in [-0.05, 0) is 40.6 Å². The average Bonchev–Trinajstić information content (AvgIpc) is 2.15. The predicted octanol–water partition coefficient (Wildman–Crippen LogP) is 2.29. The molecule has 0 aliphatic heterocycles. The molecule has 0 saturated heterocycles. The summed E-state index contributed by atoms with van der Waals surface area (Å²) in [4.78, 5) is 11.1. The zero-order valence-electron chi connectivity index (χ0n) is 8.46. The summed E-state index contributed by atoms with van der Waals surface area (Å²) in [6.45, 7) is 5.49. The van der Waals surface area contributed by atoms with Crippen molar-refractivity contribution in [1.82, 2.24) is 0 Å². The van der Waals surface area contributed by atoms with Crippen LogP contribution in [0.15, 0.2) is 40.9 Å². The smallest absolute Gasteiger partial charge is 0.244 e. The van der Waals surface area contributed by atoms with E-state index in [2.05, 4.69) is 27.8 Å². The first-order chi connectivity index (χ1) is 7.02. The SMILES string of the molecule is C=C(C)C(Nc1ccccc1Br)C(N)=O. The summed E-state index contributed by atoms with van der Waals surface area (Å²) in [5.41, 5.74) is 6.77. The molecule has 0 bridgehead atoms. The zero-order valence-corrected chi connectivity index (χ0v) is 10.0. The minimum absolute atomic E-state index is 0.432. The van der Waals surface area contributed by atoms with Crippen LogP contribution in [0.3, 0.4) is 0 Å². The lowest BCUT2D eigenvalue weighted by Crippen LogP contribution is -2.36. The van der Waals surface area contributed by atoms with Crippen molar-refractivity contribution in [1.29, 1.82) is 0 Å². The molecule has 1 rings (SSSR count). The van der Waals surface area contributed by atoms with Crippen LogP contribution < -0.4 is 11.1 Å². The Balaban J connectivity index is 2.88. The second kappa shape index (κ2) is 4.98. The van der Waals surface area contributed by atoms with Crippen LogP contribution in [-0.2, 0) is 4.79 Å². The van der Waals surface area contributed by atoms with Gasteiger partial charge in [0.1, 0.15) is 6.04 Å². The summed E-state index contributed by atoms with van der Waals surface area (Å²) in [6.07, 6.45) is 0. The van der Waals surface area contributed by atoms with Crippen molar-refractivity contribution in [3.8, 4) is 0 Å². The summed E-state index contributed by atoms with van der Waals surface area (Å²) in [5, 5.41) is 3.03. The molecule has 1 aromatic rings. The van der Waals surface area contributed by atoms with Gasteiger partial charge in [0.05, 0.1) is 0 Å². The number of para-hydroxylation sites is 1. The molecular weight excluding hydrogens is 256 g/mol. The molecule has 1 atom stereocenters. The van der Waals surface area contributed by atoms with E-state index < -0.39 is 11.9 Å². The van der Waals surface area contributed by atoms with E-state index in [1.807, 2.05) is 24.3 Å². The lowest BCUT2D eigenvalue weighted by atomic mass is 10.1. The van der Waals surface area contributed by atoms with Crippen LogP contribution in [0.1, 0.15) is 6.92 Å². The molecule has 4 heteroatoms. The predicted molar refractivity (Wildman–Crippen MR) is 65.6 cm³/mol. The first-order valence-electron chi connectivity index (χ1n) is 4.48. The summed E-state index contributed by atoms with van der Waals surface area (Å²) in [7, 11) is 0. The molecule has 0 saturated carbocycles. The zero-order chi connectivity index (χ0) is 11.4. The maximum Gasteiger partial charge on any atom is 0.244 e. The number of halogens is 1. The molecule has 15 heavy (non-hydrogen) atoms. The number of carbonyl (C=O) groups excluding carboxylic acids is 1. The maximum atomic E-state index is 11.1. The number of benzene rings is 1. The molecule has 1 unspecified atom stereocenters. The maximum absolute atomic E-state index is 11.1. The Hall–Kier alpha value is -1.29. The van der Waals surface area contributed by atoms with Crippen LogP contribution in [0.5, 0.6) is 0 Å². The highest BCUT2D eigenvalue weighted by Crippen LogP contribution is 2.22. The number of hydrogen-bond acceptors (Lipinski definition) is 2. The lowest BCUT2D eigenvalue weighted by Gasteiger charge is -2.17. The second-order valence-electron chi connectivity index (χ2n) is 3.31. The Morgan fingerprint density at radius 2 is 2.13 bits per heavy atom. The van der Waals surface area contributed by atoms with Crippen LogP contribution in [0.2, 0.25) is 0 Å². The second-order valence-corrected chi connectivity index (χ2v) is 4.16. The van der Waals surface area contributed by atoms with E-state index in [1.165, 1.54) is 0 Å². The van der Waals surface area contributed by atoms with Crippen LogP contribution in [-0.4, -0.2) is 11.9 Å². The quantitative estimate of drug-likeness (QED) is 0.824. The highest BCUT2D eigenvalue weighted by Gasteiger charge is 2.16. The highest BCUT2D eigenvalue weighted by atomic mass is 79.9. The number of carbonyl (C=O) groups is 1. The number of nitrogens with one attached hydrogen (secondary N) is 1. The minimum Gasteiger partial charge on any atom is -0.369 e. The van der Waals surface area contributed by atoms with E-state index in [4.69, 9.17) is 5.73 Å². The minimum atomic E-state index is -0.538. The topological polar surface area (TPSA) is 55.1 Å². The average molecular weight is 269 g/mol. The van der Waals surface area contributed by atoms with Gasteiger partial charge in [0, 0.05) is 10.2 Å². The first kappa shape index (κ1) is 11.8. The summed E-state index contributed by atoms with van der Waals surface area (Å²) < 4.78 is 0.887. The molecule has 1 amide bonds. The van der Waals surface area contributed by atoms with Crippen LogP contribution in [0.4, 0.5) is 5.69 Å². The lowest BCUT2D eigenvalue weighted by molar-refractivity contribution is -0.118. The van der Waals surface area contributed by atoms with Crippen LogP contribution in [0, 0.1) is 0 Å². The van der Waals surface area contributed by atoms with Gasteiger partial charge >= 0.3 is 0 Å². The number of hydrogen-bond donors (Lipinski definition) is 2. The molecule has 0 radical (unpaired) electrons. The summed E-state index contributed by atoms with van der Waals surface area (Å²) in [6, 6.07) is 6.99. The summed E-state index contributed by atoms with van der Waals surface area (Å²) in [5.74, 6) is -0.432. The van der Waals surface area contributed by atoms with E-state index in [1.54, 1.807) is 6.92 Å². The molecule has 3 nitrogen and oxygen atoms in total. The highest BCUT2D eigenvalue weighted by molar-refractivity contribution is 9.10. The van der Waals surface area contributed by atoms with Gasteiger partial charge in [-0.15, -0.1) is 0 Å². The largest absolute Gasteiger partial charge is 0.369 e. The first-order valence-corrected chi connectivity index (χ1v) is 5.27. The van der Waals surface area contributed by atoms with Gasteiger partial charge in [-0.25, -0.2) is 0 Å². The van der Waals surface area contributed by atoms with Gasteiger partial charge in [0.25, 0.3) is 0 Å². The summed E-state index contributed by atoms with van der Waals surface area (Å²) >= 11 is 3.38. The van der Waals surface area contributed by atoms with E-state index in [0.717, 1.165) is 10.2 Å². The fourth-order valence-electron chi connectivity index (χ4n) is 1.17. The number of nitrogens with two attached hydrogens (primary N) is 1. The van der Waals surface area contributed by atoms with Gasteiger partial charge in [0.2, 0.25) is 5.91 Å². The normalized spacial score (nSPS) is 11.9. The molecule has 1 aromatic carbocycles. The number of amides is 1. The Morgan fingerprint density at radius 3 is 2.60 bits per heavy atom. The third-order valence-electron chi connectivity index (χ3n) is 1.95. The Bertz CT molecular complexity index is 376. The number of rotatable bonds is 4. The van der Waals surface area contributed by atoms with E-state index >= 15 is 0 Å². The van der Waals surface area contributed by atoms with Crippen LogP contribution in [0.25, 0.3) is 0 Å². The van der Waals surface area contributed by atoms with Gasteiger partial charge in [0.15, 0.2) is 0 Å². The molecule has 0 aliphatic carbocycles. The Morgan fingerprint density at radius 1 is 1.53 bits per heavy atom. The Kier molecular flexibility index (Phi) is 3.91. The van der Waals surface area contributed by atoms with Crippen molar-refractivity contribution in [2.24, 2.45) is 5.73 Å². The van der Waals surface area contributed by atoms with Gasteiger partial charge in [-0.2, -0.15) is 0 Å². The third-order valence-corrected chi connectivity index (χ3v) is 2.64. The fraction of sp³-hybridized carbons (Fsp3) is 0.182. The van der Waals surface area contributed by atoms with E-state index in [-0.39, 0.29) is 0 Å². The van der Waals surface area contributed by atoms with Gasteiger partial charge in [-0.1, -0.05) is 18.7 Å². The van der Waals surface area contributed by atoms with Crippen molar-refractivity contribution in [2.75, 3.05) is 5.32 Å². The Labute approximate surface area is 97.5 Å². The van der Waals surface area contributed by atoms with Crippen molar-refractivity contribution in [3.63, 3.8) is 0 Å². The third kappa shape index (κ3) is 3.09. The fourth-order valence-corrected chi connectivity index (χ4v) is 1.57. The molecule has 80 valence electrons. The molecule has 0 aliphatic rings. The van der Waals surface area contributed by atoms with E-state index in [9.17, 15) is 4.79 Å². The molecule has 0 heterocycles. The van der Waals surface area contributed by atoms with Crippen molar-refractivity contribution in [3.05, 3.63) is 40.9 Å². The number of primary amides is 1. The monoisotopic (exact) mass is 268 g/mol. The molecule has 0 aromatic heterocycles. The van der Waals surface area contributed by atoms with Crippen molar-refractivity contribution < 1.29 is 4.79 Å². The molecule has 0 fully saturated rings.